The monoisotopic (exact) mass is 321 g/mol. The maximum atomic E-state index is 13.5. The van der Waals surface area contributed by atoms with Gasteiger partial charge in [-0.3, -0.25) is 14.9 Å². The Morgan fingerprint density at radius 3 is 2.61 bits per heavy atom. The maximum Gasteiger partial charge on any atom is 0.302 e. The van der Waals surface area contributed by atoms with E-state index < -0.39 is 17.5 Å². The first kappa shape index (κ1) is 15.1. The van der Waals surface area contributed by atoms with E-state index in [0.717, 1.165) is 31.2 Å². The van der Waals surface area contributed by atoms with Crippen LogP contribution >= 0.6 is 0 Å². The molecule has 120 valence electrons. The molecule has 1 aromatic carbocycles. The summed E-state index contributed by atoms with van der Waals surface area (Å²) in [5.74, 6) is -2.38. The molecule has 6 nitrogen and oxygen atoms in total. The van der Waals surface area contributed by atoms with Gasteiger partial charge in [0.15, 0.2) is 5.69 Å². The van der Waals surface area contributed by atoms with Crippen molar-refractivity contribution in [3.05, 3.63) is 47.4 Å². The Bertz CT molecular complexity index is 736. The van der Waals surface area contributed by atoms with Gasteiger partial charge in [0, 0.05) is 18.0 Å². The predicted octanol–water partition coefficient (Wildman–Crippen LogP) is 2.23. The van der Waals surface area contributed by atoms with Crippen molar-refractivity contribution >= 4 is 17.8 Å². The molecule has 2 N–H and O–H groups in total. The zero-order valence-corrected chi connectivity index (χ0v) is 11.9. The largest absolute Gasteiger partial charge is 0.431 e. The molecular formula is C15H13F2N3O3. The van der Waals surface area contributed by atoms with Crippen molar-refractivity contribution in [2.24, 2.45) is 5.92 Å². The molecule has 0 radical (unpaired) electrons. The maximum absolute atomic E-state index is 13.5. The van der Waals surface area contributed by atoms with E-state index in [4.69, 9.17) is 4.42 Å². The summed E-state index contributed by atoms with van der Waals surface area (Å²) in [5, 5.41) is 4.80. The molecule has 0 atom stereocenters. The normalized spacial score (nSPS) is 13.7. The number of hydrogen-bond donors (Lipinski definition) is 2. The van der Waals surface area contributed by atoms with Crippen LogP contribution < -0.4 is 10.6 Å². The Hall–Kier alpha value is -2.77. The zero-order valence-electron chi connectivity index (χ0n) is 11.9. The van der Waals surface area contributed by atoms with Crippen LogP contribution in [0.25, 0.3) is 0 Å². The highest BCUT2D eigenvalue weighted by Crippen LogP contribution is 2.30. The first-order valence-electron chi connectivity index (χ1n) is 7.02. The van der Waals surface area contributed by atoms with Crippen LogP contribution in [-0.2, 0) is 11.3 Å². The molecule has 1 aromatic heterocycles. The molecule has 1 heterocycles. The molecule has 0 bridgehead atoms. The van der Waals surface area contributed by atoms with E-state index in [9.17, 15) is 18.4 Å². The molecule has 1 aliphatic rings. The van der Waals surface area contributed by atoms with Gasteiger partial charge in [0.25, 0.3) is 5.91 Å². The van der Waals surface area contributed by atoms with Crippen molar-refractivity contribution in [2.45, 2.75) is 19.4 Å². The number of nitrogens with zero attached hydrogens (tertiary/aromatic N) is 1. The first-order chi connectivity index (χ1) is 11.0. The molecular weight excluding hydrogens is 308 g/mol. The second kappa shape index (κ2) is 6.15. The number of halogens is 2. The van der Waals surface area contributed by atoms with Crippen LogP contribution in [0.1, 0.15) is 28.9 Å². The van der Waals surface area contributed by atoms with E-state index in [-0.39, 0.29) is 35.6 Å². The van der Waals surface area contributed by atoms with Gasteiger partial charge >= 0.3 is 6.01 Å². The number of nitrogens with one attached hydrogen (secondary N) is 2. The Labute approximate surface area is 129 Å². The van der Waals surface area contributed by atoms with E-state index in [1.165, 1.54) is 6.07 Å². The molecule has 1 saturated carbocycles. The van der Waals surface area contributed by atoms with Crippen LogP contribution in [0.3, 0.4) is 0 Å². The number of rotatable bonds is 5. The second-order valence-electron chi connectivity index (χ2n) is 5.18. The summed E-state index contributed by atoms with van der Waals surface area (Å²) in [5.41, 5.74) is -0.334. The van der Waals surface area contributed by atoms with Gasteiger partial charge in [-0.15, -0.1) is 0 Å². The third kappa shape index (κ3) is 3.53. The smallest absolute Gasteiger partial charge is 0.302 e. The number of anilines is 1. The average molecular weight is 321 g/mol. The van der Waals surface area contributed by atoms with Crippen LogP contribution in [0.5, 0.6) is 0 Å². The van der Waals surface area contributed by atoms with Crippen molar-refractivity contribution in [1.82, 2.24) is 10.3 Å². The molecule has 0 unspecified atom stereocenters. The highest BCUT2D eigenvalue weighted by Gasteiger charge is 2.30. The van der Waals surface area contributed by atoms with Crippen LogP contribution in [-0.4, -0.2) is 16.8 Å². The van der Waals surface area contributed by atoms with E-state index in [1.54, 1.807) is 0 Å². The number of amides is 2. The Balaban J connectivity index is 1.60. The molecule has 0 aliphatic heterocycles. The minimum atomic E-state index is -0.747. The number of benzene rings is 1. The van der Waals surface area contributed by atoms with Crippen LogP contribution in [0.15, 0.2) is 28.9 Å². The van der Waals surface area contributed by atoms with Crippen molar-refractivity contribution in [3.63, 3.8) is 0 Å². The minimum Gasteiger partial charge on any atom is -0.431 e. The molecule has 0 spiro atoms. The summed E-state index contributed by atoms with van der Waals surface area (Å²) in [6, 6.07) is 3.37. The molecule has 2 amide bonds. The van der Waals surface area contributed by atoms with Gasteiger partial charge in [-0.25, -0.2) is 8.78 Å². The summed E-state index contributed by atoms with van der Waals surface area (Å²) in [6.45, 7) is -0.325. The van der Waals surface area contributed by atoms with Crippen LogP contribution in [0, 0.1) is 17.6 Å². The fourth-order valence-electron chi connectivity index (χ4n) is 1.95. The lowest BCUT2D eigenvalue weighted by molar-refractivity contribution is -0.117. The van der Waals surface area contributed by atoms with Crippen LogP contribution in [0.2, 0.25) is 0 Å². The third-order valence-electron chi connectivity index (χ3n) is 3.40. The summed E-state index contributed by atoms with van der Waals surface area (Å²) in [4.78, 5) is 27.3. The molecule has 0 saturated heterocycles. The highest BCUT2D eigenvalue weighted by atomic mass is 19.1. The predicted molar refractivity (Wildman–Crippen MR) is 75.4 cm³/mol. The SMILES string of the molecule is O=C(NCc1c(F)cccc1F)c1coc(NC(=O)C2CC2)n1. The first-order valence-corrected chi connectivity index (χ1v) is 7.02. The van der Waals surface area contributed by atoms with Crippen molar-refractivity contribution in [2.75, 3.05) is 5.32 Å². The Morgan fingerprint density at radius 1 is 1.26 bits per heavy atom. The summed E-state index contributed by atoms with van der Waals surface area (Å²) < 4.78 is 31.9. The fourth-order valence-corrected chi connectivity index (χ4v) is 1.95. The Morgan fingerprint density at radius 2 is 1.96 bits per heavy atom. The molecule has 23 heavy (non-hydrogen) atoms. The van der Waals surface area contributed by atoms with Crippen molar-refractivity contribution in [1.29, 1.82) is 0 Å². The van der Waals surface area contributed by atoms with Crippen LogP contribution in [0.4, 0.5) is 14.8 Å². The number of hydrogen-bond acceptors (Lipinski definition) is 4. The van der Waals surface area contributed by atoms with E-state index in [0.29, 0.717) is 0 Å². The summed E-state index contributed by atoms with van der Waals surface area (Å²) >= 11 is 0. The number of carbonyl (C=O) groups excluding carboxylic acids is 2. The number of carbonyl (C=O) groups is 2. The van der Waals surface area contributed by atoms with E-state index in [2.05, 4.69) is 15.6 Å². The molecule has 1 aliphatic carbocycles. The van der Waals surface area contributed by atoms with E-state index >= 15 is 0 Å². The second-order valence-corrected chi connectivity index (χ2v) is 5.18. The number of oxazole rings is 1. The molecule has 1 fully saturated rings. The fraction of sp³-hybridized carbons (Fsp3) is 0.267. The molecule has 3 rings (SSSR count). The quantitative estimate of drug-likeness (QED) is 0.884. The molecule has 2 aromatic rings. The summed E-state index contributed by atoms with van der Waals surface area (Å²) in [6.07, 6.45) is 2.72. The zero-order chi connectivity index (χ0) is 16.4. The lowest BCUT2D eigenvalue weighted by Crippen LogP contribution is -2.24. The van der Waals surface area contributed by atoms with Gasteiger partial charge in [0.05, 0.1) is 0 Å². The van der Waals surface area contributed by atoms with Gasteiger partial charge in [-0.05, 0) is 25.0 Å². The van der Waals surface area contributed by atoms with Crippen molar-refractivity contribution in [3.8, 4) is 0 Å². The highest BCUT2D eigenvalue weighted by molar-refractivity contribution is 5.94. The standard InChI is InChI=1S/C15H13F2N3O3/c16-10-2-1-3-11(17)9(10)6-18-14(22)12-7-23-15(19-12)20-13(21)8-4-5-8/h1-3,7-8H,4-6H2,(H,18,22)(H,19,20,21). The lowest BCUT2D eigenvalue weighted by atomic mass is 10.2. The van der Waals surface area contributed by atoms with Gasteiger partial charge in [0.2, 0.25) is 5.91 Å². The van der Waals surface area contributed by atoms with Gasteiger partial charge in [0.1, 0.15) is 17.9 Å². The average Bonchev–Trinajstić information content (AvgIpc) is 3.27. The Kier molecular flexibility index (Phi) is 4.05. The third-order valence-corrected chi connectivity index (χ3v) is 3.40. The van der Waals surface area contributed by atoms with Gasteiger partial charge < -0.3 is 9.73 Å². The van der Waals surface area contributed by atoms with Crippen molar-refractivity contribution < 1.29 is 22.8 Å². The number of aromatic nitrogens is 1. The minimum absolute atomic E-state index is 0.0248. The van der Waals surface area contributed by atoms with E-state index in [1.807, 2.05) is 0 Å². The van der Waals surface area contributed by atoms with Gasteiger partial charge in [-0.2, -0.15) is 4.98 Å². The summed E-state index contributed by atoms with van der Waals surface area (Å²) in [7, 11) is 0. The topological polar surface area (TPSA) is 84.2 Å². The molecule has 8 heteroatoms. The van der Waals surface area contributed by atoms with Gasteiger partial charge in [-0.1, -0.05) is 6.07 Å². The lowest BCUT2D eigenvalue weighted by Gasteiger charge is -2.05.